The molecular formula is C15H23ClO2. The van der Waals surface area contributed by atoms with Crippen LogP contribution in [-0.2, 0) is 11.2 Å². The minimum Gasteiger partial charge on any atom is -0.396 e. The Balaban J connectivity index is 2.36. The first-order valence-corrected chi connectivity index (χ1v) is 6.93. The van der Waals surface area contributed by atoms with Gasteiger partial charge in [0.05, 0.1) is 0 Å². The zero-order chi connectivity index (χ0) is 13.4. The fraction of sp³-hybridized carbons (Fsp3) is 0.600. The van der Waals surface area contributed by atoms with E-state index < -0.39 is 0 Å². The van der Waals surface area contributed by atoms with Crippen LogP contribution in [0, 0.1) is 11.8 Å². The van der Waals surface area contributed by atoms with E-state index in [0.29, 0.717) is 12.5 Å². The number of hydrogen-bond donors (Lipinski definition) is 1. The van der Waals surface area contributed by atoms with Crippen molar-refractivity contribution < 1.29 is 9.84 Å². The first-order chi connectivity index (χ1) is 8.63. The van der Waals surface area contributed by atoms with Crippen molar-refractivity contribution in [3.05, 3.63) is 34.9 Å². The van der Waals surface area contributed by atoms with Gasteiger partial charge in [0.25, 0.3) is 0 Å². The fourth-order valence-corrected chi connectivity index (χ4v) is 2.01. The molecule has 1 atom stereocenters. The number of ether oxygens (including phenoxy) is 1. The van der Waals surface area contributed by atoms with E-state index in [1.165, 1.54) is 0 Å². The maximum absolute atomic E-state index is 9.39. The number of benzene rings is 1. The normalized spacial score (nSPS) is 12.9. The van der Waals surface area contributed by atoms with Gasteiger partial charge in [0.1, 0.15) is 0 Å². The van der Waals surface area contributed by atoms with Gasteiger partial charge in [0.15, 0.2) is 0 Å². The van der Waals surface area contributed by atoms with Crippen molar-refractivity contribution in [1.29, 1.82) is 0 Å². The number of aliphatic hydroxyl groups excluding tert-OH is 1. The quantitative estimate of drug-likeness (QED) is 0.732. The van der Waals surface area contributed by atoms with E-state index in [0.717, 1.165) is 30.0 Å². The van der Waals surface area contributed by atoms with E-state index in [2.05, 4.69) is 13.8 Å². The highest BCUT2D eigenvalue weighted by atomic mass is 35.5. The molecule has 0 aliphatic heterocycles. The molecule has 1 aromatic rings. The Morgan fingerprint density at radius 3 is 2.61 bits per heavy atom. The summed E-state index contributed by atoms with van der Waals surface area (Å²) in [5, 5.41) is 10.2. The predicted octanol–water partition coefficient (Wildman–Crippen LogP) is 3.55. The van der Waals surface area contributed by atoms with Gasteiger partial charge in [-0.05, 0) is 36.3 Å². The summed E-state index contributed by atoms with van der Waals surface area (Å²) < 4.78 is 5.55. The van der Waals surface area contributed by atoms with Crippen molar-refractivity contribution in [2.45, 2.75) is 26.7 Å². The van der Waals surface area contributed by atoms with Crippen molar-refractivity contribution in [2.75, 3.05) is 19.8 Å². The van der Waals surface area contributed by atoms with Crippen molar-refractivity contribution >= 4 is 11.6 Å². The molecule has 0 aromatic heterocycles. The molecule has 0 fully saturated rings. The third-order valence-electron chi connectivity index (χ3n) is 2.85. The molecule has 0 saturated heterocycles. The Bertz CT molecular complexity index is 339. The monoisotopic (exact) mass is 270 g/mol. The Morgan fingerprint density at radius 1 is 1.28 bits per heavy atom. The maximum atomic E-state index is 9.39. The minimum absolute atomic E-state index is 0.177. The van der Waals surface area contributed by atoms with Gasteiger partial charge in [-0.25, -0.2) is 0 Å². The summed E-state index contributed by atoms with van der Waals surface area (Å²) >= 11 is 6.12. The van der Waals surface area contributed by atoms with E-state index in [4.69, 9.17) is 16.3 Å². The second-order valence-corrected chi connectivity index (χ2v) is 5.51. The first kappa shape index (κ1) is 15.5. The summed E-state index contributed by atoms with van der Waals surface area (Å²) in [5.41, 5.74) is 1.10. The van der Waals surface area contributed by atoms with E-state index in [-0.39, 0.29) is 12.5 Å². The van der Waals surface area contributed by atoms with Crippen LogP contribution in [0.3, 0.4) is 0 Å². The average molecular weight is 271 g/mol. The van der Waals surface area contributed by atoms with Gasteiger partial charge in [0.2, 0.25) is 0 Å². The molecule has 1 unspecified atom stereocenters. The molecule has 1 rings (SSSR count). The lowest BCUT2D eigenvalue weighted by Gasteiger charge is -2.15. The fourth-order valence-electron chi connectivity index (χ4n) is 1.80. The number of halogens is 1. The molecule has 0 heterocycles. The standard InChI is InChI=1S/C15H23ClO2/c1-12(2)11-18-8-7-13(10-17)9-14-5-3-4-6-15(14)16/h3-6,12-13,17H,7-11H2,1-2H3. The van der Waals surface area contributed by atoms with Gasteiger partial charge in [-0.2, -0.15) is 0 Å². The molecule has 0 amide bonds. The van der Waals surface area contributed by atoms with Crippen LogP contribution in [0.15, 0.2) is 24.3 Å². The van der Waals surface area contributed by atoms with Crippen LogP contribution in [-0.4, -0.2) is 24.9 Å². The van der Waals surface area contributed by atoms with Crippen molar-refractivity contribution in [1.82, 2.24) is 0 Å². The average Bonchev–Trinajstić information content (AvgIpc) is 2.35. The van der Waals surface area contributed by atoms with Crippen LogP contribution in [0.25, 0.3) is 0 Å². The van der Waals surface area contributed by atoms with Gasteiger partial charge in [-0.3, -0.25) is 0 Å². The zero-order valence-corrected chi connectivity index (χ0v) is 12.0. The molecule has 3 heteroatoms. The summed E-state index contributed by atoms with van der Waals surface area (Å²) in [7, 11) is 0. The smallest absolute Gasteiger partial charge is 0.0488 e. The van der Waals surface area contributed by atoms with E-state index in [1.54, 1.807) is 0 Å². The molecular weight excluding hydrogens is 248 g/mol. The zero-order valence-electron chi connectivity index (χ0n) is 11.2. The van der Waals surface area contributed by atoms with Crippen LogP contribution in [0.4, 0.5) is 0 Å². The van der Waals surface area contributed by atoms with Crippen LogP contribution in [0.1, 0.15) is 25.8 Å². The third kappa shape index (κ3) is 5.85. The Labute approximate surface area is 115 Å². The molecule has 0 aliphatic carbocycles. The van der Waals surface area contributed by atoms with Gasteiger partial charge in [0, 0.05) is 24.8 Å². The molecule has 1 N–H and O–H groups in total. The van der Waals surface area contributed by atoms with Gasteiger partial charge >= 0.3 is 0 Å². The van der Waals surface area contributed by atoms with Crippen molar-refractivity contribution in [3.8, 4) is 0 Å². The summed E-state index contributed by atoms with van der Waals surface area (Å²) in [5.74, 6) is 0.776. The summed E-state index contributed by atoms with van der Waals surface area (Å²) in [4.78, 5) is 0. The Kier molecular flexibility index (Phi) is 7.33. The van der Waals surface area contributed by atoms with Gasteiger partial charge in [-0.15, -0.1) is 0 Å². The van der Waals surface area contributed by atoms with Gasteiger partial charge in [-0.1, -0.05) is 43.6 Å². The Hall–Kier alpha value is -0.570. The number of hydrogen-bond acceptors (Lipinski definition) is 2. The topological polar surface area (TPSA) is 29.5 Å². The summed E-state index contributed by atoms with van der Waals surface area (Å²) in [6, 6.07) is 7.80. The lowest BCUT2D eigenvalue weighted by atomic mass is 9.97. The molecule has 0 saturated carbocycles. The third-order valence-corrected chi connectivity index (χ3v) is 3.21. The highest BCUT2D eigenvalue weighted by molar-refractivity contribution is 6.31. The molecule has 0 aliphatic rings. The number of aliphatic hydroxyl groups is 1. The van der Waals surface area contributed by atoms with E-state index in [9.17, 15) is 5.11 Å². The SMILES string of the molecule is CC(C)COCCC(CO)Cc1ccccc1Cl. The maximum Gasteiger partial charge on any atom is 0.0488 e. The molecule has 1 aromatic carbocycles. The van der Waals surface area contributed by atoms with Crippen LogP contribution in [0.5, 0.6) is 0 Å². The molecule has 0 bridgehead atoms. The molecule has 102 valence electrons. The van der Waals surface area contributed by atoms with E-state index >= 15 is 0 Å². The summed E-state index contributed by atoms with van der Waals surface area (Å²) in [6.07, 6.45) is 1.68. The summed E-state index contributed by atoms with van der Waals surface area (Å²) in [6.45, 7) is 5.93. The van der Waals surface area contributed by atoms with Crippen LogP contribution < -0.4 is 0 Å². The molecule has 18 heavy (non-hydrogen) atoms. The highest BCUT2D eigenvalue weighted by Gasteiger charge is 2.10. The molecule has 0 radical (unpaired) electrons. The lowest BCUT2D eigenvalue weighted by Crippen LogP contribution is -2.14. The highest BCUT2D eigenvalue weighted by Crippen LogP contribution is 2.20. The van der Waals surface area contributed by atoms with Crippen molar-refractivity contribution in [2.24, 2.45) is 11.8 Å². The first-order valence-electron chi connectivity index (χ1n) is 6.55. The number of rotatable bonds is 8. The van der Waals surface area contributed by atoms with E-state index in [1.807, 2.05) is 24.3 Å². The second-order valence-electron chi connectivity index (χ2n) is 5.10. The largest absolute Gasteiger partial charge is 0.396 e. The minimum atomic E-state index is 0.177. The molecule has 2 nitrogen and oxygen atoms in total. The predicted molar refractivity (Wildman–Crippen MR) is 76.0 cm³/mol. The molecule has 0 spiro atoms. The lowest BCUT2D eigenvalue weighted by molar-refractivity contribution is 0.0878. The Morgan fingerprint density at radius 2 is 2.00 bits per heavy atom. The van der Waals surface area contributed by atoms with Crippen LogP contribution >= 0.6 is 11.6 Å². The van der Waals surface area contributed by atoms with Gasteiger partial charge < -0.3 is 9.84 Å². The van der Waals surface area contributed by atoms with Crippen LogP contribution in [0.2, 0.25) is 5.02 Å². The second kappa shape index (κ2) is 8.52. The van der Waals surface area contributed by atoms with Crippen molar-refractivity contribution in [3.63, 3.8) is 0 Å².